The van der Waals surface area contributed by atoms with Crippen LogP contribution in [0.25, 0.3) is 0 Å². The second kappa shape index (κ2) is 6.58. The van der Waals surface area contributed by atoms with Crippen molar-refractivity contribution in [3.8, 4) is 0 Å². The third-order valence-electron chi connectivity index (χ3n) is 4.83. The minimum absolute atomic E-state index is 0.386. The number of carboxylic acids is 1. The second-order valence-electron chi connectivity index (χ2n) is 6.26. The summed E-state index contributed by atoms with van der Waals surface area (Å²) in [6.45, 7) is 5.35. The van der Waals surface area contributed by atoms with E-state index in [9.17, 15) is 4.79 Å². The maximum atomic E-state index is 11.0. The summed E-state index contributed by atoms with van der Waals surface area (Å²) in [6.07, 6.45) is 5.54. The molecule has 2 fully saturated rings. The molecule has 1 saturated heterocycles. The minimum atomic E-state index is -0.845. The van der Waals surface area contributed by atoms with Gasteiger partial charge in [-0.25, -0.2) is 4.79 Å². The average Bonchev–Trinajstić information content (AvgIpc) is 3.02. The molecule has 4 nitrogen and oxygen atoms in total. The van der Waals surface area contributed by atoms with Gasteiger partial charge in [0.1, 0.15) is 0 Å². The molecule has 1 saturated carbocycles. The van der Waals surface area contributed by atoms with E-state index in [0.29, 0.717) is 5.56 Å². The van der Waals surface area contributed by atoms with Gasteiger partial charge in [-0.2, -0.15) is 0 Å². The summed E-state index contributed by atoms with van der Waals surface area (Å²) in [5.74, 6) is -0.845. The van der Waals surface area contributed by atoms with E-state index >= 15 is 0 Å². The molecule has 1 aromatic carbocycles. The van der Waals surface area contributed by atoms with Crippen LogP contribution in [0, 0.1) is 0 Å². The molecule has 114 valence electrons. The van der Waals surface area contributed by atoms with Gasteiger partial charge < -0.3 is 5.11 Å². The van der Waals surface area contributed by atoms with Crippen molar-refractivity contribution in [3.05, 3.63) is 35.4 Å². The van der Waals surface area contributed by atoms with Crippen molar-refractivity contribution in [3.63, 3.8) is 0 Å². The van der Waals surface area contributed by atoms with Crippen molar-refractivity contribution in [2.45, 2.75) is 38.3 Å². The topological polar surface area (TPSA) is 43.8 Å². The van der Waals surface area contributed by atoms with Gasteiger partial charge in [0.25, 0.3) is 0 Å². The molecule has 1 aliphatic heterocycles. The Morgan fingerprint density at radius 1 is 1.14 bits per heavy atom. The Hall–Kier alpha value is -1.39. The lowest BCUT2D eigenvalue weighted by atomic mass is 10.1. The smallest absolute Gasteiger partial charge is 0.335 e. The number of aromatic carboxylic acids is 1. The van der Waals surface area contributed by atoms with Gasteiger partial charge in [-0.15, -0.1) is 0 Å². The summed E-state index contributed by atoms with van der Waals surface area (Å²) in [6, 6.07) is 8.14. The van der Waals surface area contributed by atoms with E-state index in [2.05, 4.69) is 9.80 Å². The Morgan fingerprint density at radius 2 is 1.86 bits per heavy atom. The van der Waals surface area contributed by atoms with Gasteiger partial charge in [-0.05, 0) is 30.5 Å². The Bertz CT molecular complexity index is 489. The number of piperazine rings is 1. The highest BCUT2D eigenvalue weighted by Crippen LogP contribution is 2.24. The van der Waals surface area contributed by atoms with E-state index in [4.69, 9.17) is 5.11 Å². The van der Waals surface area contributed by atoms with Crippen molar-refractivity contribution in [2.24, 2.45) is 0 Å². The van der Waals surface area contributed by atoms with Gasteiger partial charge in [0, 0.05) is 38.8 Å². The van der Waals surface area contributed by atoms with E-state index in [0.717, 1.165) is 44.3 Å². The fraction of sp³-hybridized carbons (Fsp3) is 0.588. The summed E-state index contributed by atoms with van der Waals surface area (Å²) >= 11 is 0. The zero-order valence-electron chi connectivity index (χ0n) is 12.5. The lowest BCUT2D eigenvalue weighted by Gasteiger charge is -2.38. The normalized spacial score (nSPS) is 21.7. The van der Waals surface area contributed by atoms with Crippen LogP contribution >= 0.6 is 0 Å². The van der Waals surface area contributed by atoms with Crippen molar-refractivity contribution < 1.29 is 9.90 Å². The number of nitrogens with zero attached hydrogens (tertiary/aromatic N) is 2. The molecule has 1 aliphatic carbocycles. The van der Waals surface area contributed by atoms with Crippen LogP contribution in [0.2, 0.25) is 0 Å². The highest BCUT2D eigenvalue weighted by Gasteiger charge is 2.25. The van der Waals surface area contributed by atoms with Crippen molar-refractivity contribution >= 4 is 5.97 Å². The number of carbonyl (C=O) groups is 1. The molecule has 1 heterocycles. The molecule has 1 aromatic rings. The fourth-order valence-electron chi connectivity index (χ4n) is 3.62. The van der Waals surface area contributed by atoms with Crippen LogP contribution in [-0.2, 0) is 6.54 Å². The highest BCUT2D eigenvalue weighted by atomic mass is 16.4. The molecule has 3 rings (SSSR count). The molecule has 1 N–H and O–H groups in total. The second-order valence-corrected chi connectivity index (χ2v) is 6.26. The molecular formula is C17H24N2O2. The zero-order valence-corrected chi connectivity index (χ0v) is 12.5. The fourth-order valence-corrected chi connectivity index (χ4v) is 3.62. The van der Waals surface area contributed by atoms with Crippen LogP contribution in [0.4, 0.5) is 0 Å². The first-order valence-electron chi connectivity index (χ1n) is 8.01. The standard InChI is InChI=1S/C17H24N2O2/c20-17(21)15-5-3-4-14(12-15)13-18-8-10-19(11-9-18)16-6-1-2-7-16/h3-5,12,16H,1-2,6-11,13H2,(H,20,21). The van der Waals surface area contributed by atoms with Crippen molar-refractivity contribution in [2.75, 3.05) is 26.2 Å². The van der Waals surface area contributed by atoms with Crippen LogP contribution in [0.5, 0.6) is 0 Å². The average molecular weight is 288 g/mol. The molecule has 4 heteroatoms. The lowest BCUT2D eigenvalue weighted by molar-refractivity contribution is 0.0696. The SMILES string of the molecule is O=C(O)c1cccc(CN2CCN(C3CCCC3)CC2)c1. The number of carboxylic acid groups (broad SMARTS) is 1. The van der Waals surface area contributed by atoms with E-state index in [-0.39, 0.29) is 0 Å². The molecule has 0 spiro atoms. The Kier molecular flexibility index (Phi) is 4.56. The molecule has 0 unspecified atom stereocenters. The Labute approximate surface area is 126 Å². The molecule has 0 bridgehead atoms. The maximum Gasteiger partial charge on any atom is 0.335 e. The van der Waals surface area contributed by atoms with E-state index in [1.165, 1.54) is 25.7 Å². The molecular weight excluding hydrogens is 264 g/mol. The van der Waals surface area contributed by atoms with Crippen LogP contribution in [-0.4, -0.2) is 53.1 Å². The highest BCUT2D eigenvalue weighted by molar-refractivity contribution is 5.87. The van der Waals surface area contributed by atoms with Crippen molar-refractivity contribution in [1.82, 2.24) is 9.80 Å². The lowest BCUT2D eigenvalue weighted by Crippen LogP contribution is -2.49. The zero-order chi connectivity index (χ0) is 14.7. The first-order chi connectivity index (χ1) is 10.2. The monoisotopic (exact) mass is 288 g/mol. The third-order valence-corrected chi connectivity index (χ3v) is 4.83. The predicted octanol–water partition coefficient (Wildman–Crippen LogP) is 2.45. The van der Waals surface area contributed by atoms with Crippen LogP contribution in [0.3, 0.4) is 0 Å². The van der Waals surface area contributed by atoms with E-state index in [1.54, 1.807) is 12.1 Å². The first-order valence-corrected chi connectivity index (χ1v) is 8.01. The summed E-state index contributed by atoms with van der Waals surface area (Å²) in [7, 11) is 0. The summed E-state index contributed by atoms with van der Waals surface area (Å²) in [5.41, 5.74) is 1.49. The van der Waals surface area contributed by atoms with Gasteiger partial charge >= 0.3 is 5.97 Å². The molecule has 0 aromatic heterocycles. The third kappa shape index (κ3) is 3.63. The molecule has 21 heavy (non-hydrogen) atoms. The Balaban J connectivity index is 1.53. The maximum absolute atomic E-state index is 11.0. The van der Waals surface area contributed by atoms with Crippen LogP contribution < -0.4 is 0 Å². The number of benzene rings is 1. The summed E-state index contributed by atoms with van der Waals surface area (Å²) in [4.78, 5) is 16.1. The van der Waals surface area contributed by atoms with Crippen LogP contribution in [0.1, 0.15) is 41.6 Å². The molecule has 0 atom stereocenters. The molecule has 0 amide bonds. The molecule has 2 aliphatic rings. The summed E-state index contributed by atoms with van der Waals surface area (Å²) in [5, 5.41) is 9.05. The number of hydrogen-bond acceptors (Lipinski definition) is 3. The number of hydrogen-bond donors (Lipinski definition) is 1. The van der Waals surface area contributed by atoms with Crippen LogP contribution in [0.15, 0.2) is 24.3 Å². The van der Waals surface area contributed by atoms with E-state index in [1.807, 2.05) is 12.1 Å². The quantitative estimate of drug-likeness (QED) is 0.924. The first kappa shape index (κ1) is 14.5. The van der Waals surface area contributed by atoms with Gasteiger partial charge in [0.05, 0.1) is 5.56 Å². The van der Waals surface area contributed by atoms with Gasteiger partial charge in [0.15, 0.2) is 0 Å². The Morgan fingerprint density at radius 3 is 2.52 bits per heavy atom. The van der Waals surface area contributed by atoms with Crippen molar-refractivity contribution in [1.29, 1.82) is 0 Å². The largest absolute Gasteiger partial charge is 0.478 e. The van der Waals surface area contributed by atoms with Gasteiger partial charge in [-0.3, -0.25) is 9.80 Å². The minimum Gasteiger partial charge on any atom is -0.478 e. The molecule has 0 radical (unpaired) electrons. The number of rotatable bonds is 4. The van der Waals surface area contributed by atoms with Gasteiger partial charge in [-0.1, -0.05) is 25.0 Å². The van der Waals surface area contributed by atoms with Gasteiger partial charge in [0.2, 0.25) is 0 Å². The predicted molar refractivity (Wildman–Crippen MR) is 82.5 cm³/mol. The summed E-state index contributed by atoms with van der Waals surface area (Å²) < 4.78 is 0. The van der Waals surface area contributed by atoms with E-state index < -0.39 is 5.97 Å².